The number of sulfonamides is 1. The number of aromatic amines is 1. The molecular weight excluding hydrogens is 328 g/mol. The molecule has 128 valence electrons. The zero-order valence-corrected chi connectivity index (χ0v) is 14.1. The summed E-state index contributed by atoms with van der Waals surface area (Å²) in [4.78, 5) is 21.0. The molecule has 0 radical (unpaired) electrons. The van der Waals surface area contributed by atoms with Crippen LogP contribution >= 0.6 is 0 Å². The lowest BCUT2D eigenvalue weighted by molar-refractivity contribution is 0.0787. The van der Waals surface area contributed by atoms with Crippen molar-refractivity contribution in [3.8, 4) is 0 Å². The molecule has 2 aromatic heterocycles. The fourth-order valence-electron chi connectivity index (χ4n) is 2.69. The number of carbonyl (C=O) groups excluding carboxylic acids is 1. The van der Waals surface area contributed by atoms with E-state index in [9.17, 15) is 13.2 Å². The lowest BCUT2D eigenvalue weighted by atomic mass is 10.3. The van der Waals surface area contributed by atoms with E-state index < -0.39 is 10.0 Å². The predicted octanol–water partition coefficient (Wildman–Crippen LogP) is 1.17. The van der Waals surface area contributed by atoms with E-state index in [1.807, 2.05) is 18.2 Å². The molecule has 1 aliphatic rings. The Kier molecular flexibility index (Phi) is 4.96. The fourth-order valence-corrected chi connectivity index (χ4v) is 3.71. The van der Waals surface area contributed by atoms with Crippen LogP contribution in [0.4, 0.5) is 0 Å². The maximum absolute atomic E-state index is 12.3. The highest BCUT2D eigenvalue weighted by atomic mass is 32.2. The zero-order chi connectivity index (χ0) is 17.0. The van der Waals surface area contributed by atoms with E-state index in [-0.39, 0.29) is 17.3 Å². The molecule has 3 rings (SSSR count). The quantitative estimate of drug-likeness (QED) is 0.819. The minimum Gasteiger partial charge on any atom is -0.356 e. The third-order valence-corrected chi connectivity index (χ3v) is 5.43. The number of nitrogens with zero attached hydrogens (tertiary/aromatic N) is 2. The number of pyridine rings is 1. The second-order valence-corrected chi connectivity index (χ2v) is 7.48. The van der Waals surface area contributed by atoms with Crippen molar-refractivity contribution in [2.24, 2.45) is 0 Å². The molecule has 2 aromatic rings. The van der Waals surface area contributed by atoms with Gasteiger partial charge in [0.25, 0.3) is 5.91 Å². The number of hydrogen-bond donors (Lipinski definition) is 2. The highest BCUT2D eigenvalue weighted by Gasteiger charge is 2.23. The average molecular weight is 348 g/mol. The van der Waals surface area contributed by atoms with Crippen LogP contribution in [0.25, 0.3) is 0 Å². The highest BCUT2D eigenvalue weighted by Crippen LogP contribution is 2.15. The third-order valence-electron chi connectivity index (χ3n) is 3.99. The van der Waals surface area contributed by atoms with Gasteiger partial charge in [-0.2, -0.15) is 0 Å². The molecule has 1 saturated heterocycles. The number of H-pyrrole nitrogens is 1. The van der Waals surface area contributed by atoms with E-state index in [4.69, 9.17) is 0 Å². The van der Waals surface area contributed by atoms with E-state index >= 15 is 0 Å². The summed E-state index contributed by atoms with van der Waals surface area (Å²) in [6.45, 7) is 1.70. The molecule has 0 bridgehead atoms. The standard InChI is InChI=1S/C16H20N4O3S/c21-16(20-9-3-4-10-20)15-11-14(12-18-15)24(22,23)19-8-6-13-5-1-2-7-17-13/h1-2,5,7,11-12,18-19H,3-4,6,8-10H2. The molecule has 24 heavy (non-hydrogen) atoms. The zero-order valence-electron chi connectivity index (χ0n) is 13.2. The second-order valence-electron chi connectivity index (χ2n) is 5.72. The lowest BCUT2D eigenvalue weighted by Gasteiger charge is -2.13. The maximum atomic E-state index is 12.3. The van der Waals surface area contributed by atoms with Crippen molar-refractivity contribution in [3.05, 3.63) is 48.0 Å². The Morgan fingerprint density at radius 1 is 1.29 bits per heavy atom. The average Bonchev–Trinajstić information content (AvgIpc) is 3.27. The number of aromatic nitrogens is 2. The van der Waals surface area contributed by atoms with Gasteiger partial charge in [0.2, 0.25) is 10.0 Å². The molecule has 1 fully saturated rings. The summed E-state index contributed by atoms with van der Waals surface area (Å²) in [7, 11) is -3.65. The molecule has 0 unspecified atom stereocenters. The Morgan fingerprint density at radius 2 is 2.08 bits per heavy atom. The Bertz CT molecular complexity index is 796. The smallest absolute Gasteiger partial charge is 0.270 e. The largest absolute Gasteiger partial charge is 0.356 e. The molecule has 2 N–H and O–H groups in total. The van der Waals surface area contributed by atoms with Crippen molar-refractivity contribution in [1.82, 2.24) is 19.6 Å². The van der Waals surface area contributed by atoms with Gasteiger partial charge in [-0.1, -0.05) is 6.07 Å². The van der Waals surface area contributed by atoms with E-state index in [1.54, 1.807) is 11.1 Å². The normalized spacial score (nSPS) is 14.9. The van der Waals surface area contributed by atoms with Crippen molar-refractivity contribution in [3.63, 3.8) is 0 Å². The van der Waals surface area contributed by atoms with Gasteiger partial charge in [0.15, 0.2) is 0 Å². The molecule has 3 heterocycles. The molecule has 7 nitrogen and oxygen atoms in total. The first-order valence-corrected chi connectivity index (χ1v) is 9.42. The van der Waals surface area contributed by atoms with E-state index in [0.29, 0.717) is 12.1 Å². The number of carbonyl (C=O) groups is 1. The summed E-state index contributed by atoms with van der Waals surface area (Å²) in [6, 6.07) is 6.91. The van der Waals surface area contributed by atoms with Gasteiger partial charge in [-0.25, -0.2) is 13.1 Å². The van der Waals surface area contributed by atoms with E-state index in [2.05, 4.69) is 14.7 Å². The van der Waals surface area contributed by atoms with Crippen molar-refractivity contribution in [2.45, 2.75) is 24.2 Å². The molecule has 0 atom stereocenters. The number of hydrogen-bond acceptors (Lipinski definition) is 4. The number of rotatable bonds is 6. The Balaban J connectivity index is 1.61. The molecule has 0 aromatic carbocycles. The van der Waals surface area contributed by atoms with Gasteiger partial charge in [0.1, 0.15) is 10.6 Å². The summed E-state index contributed by atoms with van der Waals surface area (Å²) >= 11 is 0. The van der Waals surface area contributed by atoms with Crippen LogP contribution in [0.15, 0.2) is 41.6 Å². The highest BCUT2D eigenvalue weighted by molar-refractivity contribution is 7.89. The van der Waals surface area contributed by atoms with Crippen LogP contribution < -0.4 is 4.72 Å². The topological polar surface area (TPSA) is 95.2 Å². The van der Waals surface area contributed by atoms with Crippen LogP contribution in [0, 0.1) is 0 Å². The fraction of sp³-hybridized carbons (Fsp3) is 0.375. The SMILES string of the molecule is O=C(c1cc(S(=O)(=O)NCCc2ccccn2)c[nH]1)N1CCCC1. The Hall–Kier alpha value is -2.19. The van der Waals surface area contributed by atoms with Crippen LogP contribution in [-0.4, -0.2) is 48.8 Å². The van der Waals surface area contributed by atoms with E-state index in [1.165, 1.54) is 12.3 Å². The lowest BCUT2D eigenvalue weighted by Crippen LogP contribution is -2.28. The van der Waals surface area contributed by atoms with Gasteiger partial charge >= 0.3 is 0 Å². The van der Waals surface area contributed by atoms with Crippen LogP contribution in [0.1, 0.15) is 29.0 Å². The van der Waals surface area contributed by atoms with Crippen molar-refractivity contribution < 1.29 is 13.2 Å². The van der Waals surface area contributed by atoms with Crippen LogP contribution in [-0.2, 0) is 16.4 Å². The van der Waals surface area contributed by atoms with Gasteiger partial charge in [-0.05, 0) is 31.0 Å². The number of likely N-dealkylation sites (tertiary alicyclic amines) is 1. The summed E-state index contributed by atoms with van der Waals surface area (Å²) in [5.41, 5.74) is 1.13. The number of amides is 1. The molecule has 8 heteroatoms. The van der Waals surface area contributed by atoms with Gasteiger partial charge in [0, 0.05) is 44.1 Å². The predicted molar refractivity (Wildman–Crippen MR) is 89.1 cm³/mol. The van der Waals surface area contributed by atoms with Gasteiger partial charge in [-0.15, -0.1) is 0 Å². The van der Waals surface area contributed by atoms with Crippen molar-refractivity contribution in [2.75, 3.05) is 19.6 Å². The maximum Gasteiger partial charge on any atom is 0.270 e. The van der Waals surface area contributed by atoms with Gasteiger partial charge in [-0.3, -0.25) is 9.78 Å². The monoisotopic (exact) mass is 348 g/mol. The third kappa shape index (κ3) is 3.82. The summed E-state index contributed by atoms with van der Waals surface area (Å²) in [6.07, 6.45) is 5.52. The number of nitrogens with one attached hydrogen (secondary N) is 2. The van der Waals surface area contributed by atoms with E-state index in [0.717, 1.165) is 31.6 Å². The summed E-state index contributed by atoms with van der Waals surface area (Å²) in [5, 5.41) is 0. The molecule has 0 spiro atoms. The first-order chi connectivity index (χ1) is 11.6. The van der Waals surface area contributed by atoms with Gasteiger partial charge < -0.3 is 9.88 Å². The minimum atomic E-state index is -3.65. The summed E-state index contributed by atoms with van der Waals surface area (Å²) in [5.74, 6) is -0.151. The Labute approximate surface area is 141 Å². The van der Waals surface area contributed by atoms with Crippen LogP contribution in [0.3, 0.4) is 0 Å². The molecular formula is C16H20N4O3S. The van der Waals surface area contributed by atoms with Crippen molar-refractivity contribution >= 4 is 15.9 Å². The summed E-state index contributed by atoms with van der Waals surface area (Å²) < 4.78 is 27.1. The first kappa shape index (κ1) is 16.7. The Morgan fingerprint density at radius 3 is 2.79 bits per heavy atom. The van der Waals surface area contributed by atoms with Crippen molar-refractivity contribution in [1.29, 1.82) is 0 Å². The molecule has 0 saturated carbocycles. The first-order valence-electron chi connectivity index (χ1n) is 7.93. The second kappa shape index (κ2) is 7.14. The molecule has 1 amide bonds. The van der Waals surface area contributed by atoms with Crippen LogP contribution in [0.5, 0.6) is 0 Å². The molecule has 0 aliphatic carbocycles. The molecule has 1 aliphatic heterocycles. The minimum absolute atomic E-state index is 0.0751. The van der Waals surface area contributed by atoms with Gasteiger partial charge in [0.05, 0.1) is 0 Å². The van der Waals surface area contributed by atoms with Crippen LogP contribution in [0.2, 0.25) is 0 Å².